The van der Waals surface area contributed by atoms with Gasteiger partial charge in [0.1, 0.15) is 17.7 Å². The van der Waals surface area contributed by atoms with Gasteiger partial charge in [0.15, 0.2) is 5.82 Å². The van der Waals surface area contributed by atoms with Crippen molar-refractivity contribution in [3.8, 4) is 11.5 Å². The number of aromatic hydroxyl groups is 1. The van der Waals surface area contributed by atoms with Crippen LogP contribution in [0.5, 0.6) is 11.5 Å². The highest BCUT2D eigenvalue weighted by molar-refractivity contribution is 7.71. The number of benzene rings is 2. The Morgan fingerprint density at radius 1 is 1.02 bits per heavy atom. The number of phenolic OH excluding ortho intramolecular Hbond substituents is 1. The fraction of sp³-hybridized carbons (Fsp3) is 0.516. The standard InChI is InChI=1S/C31H38N6O2S/c1-39-27-9-5-3-7-25(27)28(35-12-10-32-11-13-35)36-30(40)37(33-20-24-6-2-4-8-26(24)38)29(34-36)31-17-21-14-22(18-31)16-23(15-21)19-31/h2-9,20-23,28,32,38H,10-19H2,1H3. The molecule has 1 unspecified atom stereocenters. The number of rotatable bonds is 7. The summed E-state index contributed by atoms with van der Waals surface area (Å²) in [6, 6.07) is 15.5. The van der Waals surface area contributed by atoms with Gasteiger partial charge in [-0.2, -0.15) is 14.9 Å². The van der Waals surface area contributed by atoms with Gasteiger partial charge >= 0.3 is 0 Å². The van der Waals surface area contributed by atoms with E-state index in [-0.39, 0.29) is 17.3 Å². The van der Waals surface area contributed by atoms with Gasteiger partial charge in [0, 0.05) is 42.7 Å². The molecule has 2 heterocycles. The lowest BCUT2D eigenvalue weighted by Crippen LogP contribution is -2.50. The van der Waals surface area contributed by atoms with E-state index in [0.717, 1.165) is 80.3 Å². The average molecular weight is 559 g/mol. The minimum Gasteiger partial charge on any atom is -0.507 e. The van der Waals surface area contributed by atoms with Crippen molar-refractivity contribution < 1.29 is 9.84 Å². The Bertz CT molecular complexity index is 1440. The lowest BCUT2D eigenvalue weighted by molar-refractivity contribution is -0.0113. The fourth-order valence-electron chi connectivity index (χ4n) is 8.36. The molecule has 1 aliphatic heterocycles. The molecule has 0 radical (unpaired) electrons. The highest BCUT2D eigenvalue weighted by atomic mass is 32.1. The van der Waals surface area contributed by atoms with Crippen LogP contribution < -0.4 is 10.1 Å². The molecule has 5 fully saturated rings. The molecule has 2 N–H and O–H groups in total. The number of nitrogens with zero attached hydrogens (tertiary/aromatic N) is 5. The Morgan fingerprint density at radius 3 is 2.35 bits per heavy atom. The van der Waals surface area contributed by atoms with E-state index in [0.29, 0.717) is 10.3 Å². The van der Waals surface area contributed by atoms with Gasteiger partial charge in [-0.05, 0) is 86.7 Å². The predicted octanol–water partition coefficient (Wildman–Crippen LogP) is 4.93. The number of piperazine rings is 1. The molecule has 4 bridgehead atoms. The zero-order chi connectivity index (χ0) is 27.3. The van der Waals surface area contributed by atoms with Crippen molar-refractivity contribution >= 4 is 18.4 Å². The van der Waals surface area contributed by atoms with Crippen LogP contribution in [0.4, 0.5) is 0 Å². The first-order valence-electron chi connectivity index (χ1n) is 14.7. The van der Waals surface area contributed by atoms with Crippen LogP contribution in [-0.4, -0.2) is 64.0 Å². The molecule has 4 aliphatic carbocycles. The maximum absolute atomic E-state index is 10.5. The van der Waals surface area contributed by atoms with E-state index in [9.17, 15) is 5.11 Å². The minimum atomic E-state index is -0.208. The number of methoxy groups -OCH3 is 1. The van der Waals surface area contributed by atoms with Gasteiger partial charge in [-0.15, -0.1) is 0 Å². The third-order valence-electron chi connectivity index (χ3n) is 9.69. The first-order valence-corrected chi connectivity index (χ1v) is 15.1. The van der Waals surface area contributed by atoms with Crippen molar-refractivity contribution in [3.63, 3.8) is 0 Å². The monoisotopic (exact) mass is 558 g/mol. The largest absolute Gasteiger partial charge is 0.507 e. The molecule has 9 heteroatoms. The third kappa shape index (κ3) is 4.48. The summed E-state index contributed by atoms with van der Waals surface area (Å²) in [5.74, 6) is 4.31. The van der Waals surface area contributed by atoms with Crippen LogP contribution in [0, 0.1) is 22.5 Å². The Balaban J connectivity index is 1.40. The average Bonchev–Trinajstić information content (AvgIpc) is 3.29. The van der Waals surface area contributed by atoms with Gasteiger partial charge < -0.3 is 15.2 Å². The highest BCUT2D eigenvalue weighted by Gasteiger charge is 2.54. The van der Waals surface area contributed by atoms with E-state index in [1.807, 2.05) is 39.7 Å². The Morgan fingerprint density at radius 2 is 1.68 bits per heavy atom. The molecule has 8 nitrogen and oxygen atoms in total. The summed E-state index contributed by atoms with van der Waals surface area (Å²) in [6.45, 7) is 3.58. The molecule has 4 saturated carbocycles. The topological polar surface area (TPSA) is 79.8 Å². The number of para-hydroxylation sites is 2. The number of hydrogen-bond donors (Lipinski definition) is 2. The molecule has 1 aromatic heterocycles. The molecule has 210 valence electrons. The third-order valence-corrected chi connectivity index (χ3v) is 10.0. The summed E-state index contributed by atoms with van der Waals surface area (Å²) in [4.78, 5) is 2.44. The first kappa shape index (κ1) is 25.9. The van der Waals surface area contributed by atoms with Gasteiger partial charge in [0.05, 0.1) is 13.3 Å². The van der Waals surface area contributed by atoms with Crippen molar-refractivity contribution in [2.24, 2.45) is 22.9 Å². The zero-order valence-corrected chi connectivity index (χ0v) is 23.9. The maximum Gasteiger partial charge on any atom is 0.221 e. The molecule has 2 aromatic carbocycles. The summed E-state index contributed by atoms with van der Waals surface area (Å²) < 4.78 is 10.4. The number of aromatic nitrogens is 3. The predicted molar refractivity (Wildman–Crippen MR) is 158 cm³/mol. The van der Waals surface area contributed by atoms with Gasteiger partial charge in [-0.3, -0.25) is 4.90 Å². The number of hydrogen-bond acceptors (Lipinski definition) is 7. The van der Waals surface area contributed by atoms with E-state index in [2.05, 4.69) is 22.3 Å². The molecule has 1 saturated heterocycles. The second kappa shape index (κ2) is 10.4. The lowest BCUT2D eigenvalue weighted by atomic mass is 9.49. The molecule has 0 spiro atoms. The van der Waals surface area contributed by atoms with E-state index >= 15 is 0 Å². The molecule has 8 rings (SSSR count). The van der Waals surface area contributed by atoms with Crippen LogP contribution in [0.15, 0.2) is 53.6 Å². The van der Waals surface area contributed by atoms with E-state index in [1.54, 1.807) is 19.4 Å². The maximum atomic E-state index is 10.5. The van der Waals surface area contributed by atoms with Gasteiger partial charge in [0.2, 0.25) is 4.77 Å². The minimum absolute atomic E-state index is 0.0155. The van der Waals surface area contributed by atoms with Gasteiger partial charge in [0.25, 0.3) is 0 Å². The molecular formula is C31H38N6O2S. The molecule has 1 atom stereocenters. The van der Waals surface area contributed by atoms with Crippen molar-refractivity contribution in [1.82, 2.24) is 24.7 Å². The zero-order valence-electron chi connectivity index (χ0n) is 23.1. The molecule has 0 amide bonds. The van der Waals surface area contributed by atoms with Crippen LogP contribution in [0.3, 0.4) is 0 Å². The van der Waals surface area contributed by atoms with Crippen molar-refractivity contribution in [1.29, 1.82) is 0 Å². The van der Waals surface area contributed by atoms with Crippen LogP contribution in [0.25, 0.3) is 0 Å². The van der Waals surface area contributed by atoms with E-state index in [4.69, 9.17) is 27.2 Å². The highest BCUT2D eigenvalue weighted by Crippen LogP contribution is 2.60. The number of phenols is 1. The van der Waals surface area contributed by atoms with Crippen molar-refractivity contribution in [2.45, 2.75) is 50.1 Å². The van der Waals surface area contributed by atoms with Crippen molar-refractivity contribution in [2.75, 3.05) is 33.3 Å². The van der Waals surface area contributed by atoms with Crippen molar-refractivity contribution in [3.05, 3.63) is 70.3 Å². The molecular weight excluding hydrogens is 520 g/mol. The summed E-state index contributed by atoms with van der Waals surface area (Å²) in [5, 5.41) is 24.3. The SMILES string of the molecule is COc1ccccc1C(N1CCNCC1)n1nc(C23CC4CC(CC(C4)C2)C3)n(N=Cc2ccccc2O)c1=S. The summed E-state index contributed by atoms with van der Waals surface area (Å²) >= 11 is 6.25. The lowest BCUT2D eigenvalue weighted by Gasteiger charge is -2.55. The summed E-state index contributed by atoms with van der Waals surface area (Å²) in [5.41, 5.74) is 1.70. The molecule has 3 aromatic rings. The smallest absolute Gasteiger partial charge is 0.221 e. The Hall–Kier alpha value is -3.01. The van der Waals surface area contributed by atoms with Crippen LogP contribution in [0.1, 0.15) is 61.6 Å². The summed E-state index contributed by atoms with van der Waals surface area (Å²) in [6.07, 6.45) is 9.05. The quantitative estimate of drug-likeness (QED) is 0.316. The van der Waals surface area contributed by atoms with E-state index < -0.39 is 0 Å². The Kier molecular flexibility index (Phi) is 6.76. The first-order chi connectivity index (χ1) is 19.5. The number of nitrogens with one attached hydrogen (secondary N) is 1. The fourth-order valence-corrected chi connectivity index (χ4v) is 8.63. The Labute approximate surface area is 240 Å². The normalized spacial score (nSPS) is 28.8. The van der Waals surface area contributed by atoms with Crippen LogP contribution in [0.2, 0.25) is 0 Å². The van der Waals surface area contributed by atoms with Gasteiger partial charge in [-0.1, -0.05) is 30.3 Å². The van der Waals surface area contributed by atoms with Crippen LogP contribution >= 0.6 is 12.2 Å². The van der Waals surface area contributed by atoms with E-state index in [1.165, 1.54) is 19.3 Å². The molecule has 5 aliphatic rings. The molecule has 40 heavy (non-hydrogen) atoms. The van der Waals surface area contributed by atoms with Crippen LogP contribution in [-0.2, 0) is 5.41 Å². The summed E-state index contributed by atoms with van der Waals surface area (Å²) in [7, 11) is 1.73. The second-order valence-electron chi connectivity index (χ2n) is 12.3. The second-order valence-corrected chi connectivity index (χ2v) is 12.6. The van der Waals surface area contributed by atoms with Gasteiger partial charge in [-0.25, -0.2) is 4.68 Å². The number of ether oxygens (including phenoxy) is 1.